The van der Waals surface area contributed by atoms with Crippen molar-refractivity contribution in [1.29, 1.82) is 0 Å². The number of nitrogens with zero attached hydrogens (tertiary/aromatic N) is 3. The summed E-state index contributed by atoms with van der Waals surface area (Å²) in [7, 11) is -3.92. The molecule has 1 heterocycles. The zero-order valence-corrected chi connectivity index (χ0v) is 19.1. The van der Waals surface area contributed by atoms with Crippen molar-refractivity contribution in [3.05, 3.63) is 58.6 Å². The predicted octanol–water partition coefficient (Wildman–Crippen LogP) is 3.43. The van der Waals surface area contributed by atoms with Crippen LogP contribution in [0.1, 0.15) is 12.5 Å². The van der Waals surface area contributed by atoms with Crippen molar-refractivity contribution in [1.82, 2.24) is 4.90 Å². The number of halogens is 3. The van der Waals surface area contributed by atoms with E-state index < -0.39 is 33.6 Å². The number of piperazine rings is 1. The lowest BCUT2D eigenvalue weighted by molar-refractivity contribution is -0.132. The molecule has 2 aromatic carbocycles. The van der Waals surface area contributed by atoms with Crippen LogP contribution < -0.4 is 9.21 Å². The lowest BCUT2D eigenvalue weighted by atomic mass is 10.1. The van der Waals surface area contributed by atoms with Crippen LogP contribution in [0.15, 0.2) is 36.4 Å². The first-order valence-electron chi connectivity index (χ1n) is 9.73. The van der Waals surface area contributed by atoms with Crippen molar-refractivity contribution in [3.63, 3.8) is 0 Å². The van der Waals surface area contributed by atoms with Crippen molar-refractivity contribution in [2.75, 3.05) is 41.6 Å². The van der Waals surface area contributed by atoms with Crippen LogP contribution in [0.3, 0.4) is 0 Å². The standard InChI is InChI=1S/C21H24ClF2N3O3S/c1-14-4-5-16(22)12-20(14)25-8-10-26(11-9-25)21(28)15(2)27(31(3,29)30)17-6-7-18(23)19(24)13-17/h4-7,12-13,15H,8-11H2,1-3H3. The van der Waals surface area contributed by atoms with Gasteiger partial charge < -0.3 is 9.80 Å². The lowest BCUT2D eigenvalue weighted by Crippen LogP contribution is -2.55. The Morgan fingerprint density at radius 3 is 2.29 bits per heavy atom. The maximum absolute atomic E-state index is 13.7. The van der Waals surface area contributed by atoms with Gasteiger partial charge in [0.15, 0.2) is 11.6 Å². The fourth-order valence-electron chi connectivity index (χ4n) is 3.78. The summed E-state index contributed by atoms with van der Waals surface area (Å²) >= 11 is 6.11. The number of benzene rings is 2. The third kappa shape index (κ3) is 5.10. The summed E-state index contributed by atoms with van der Waals surface area (Å²) in [6.45, 7) is 5.33. The Morgan fingerprint density at radius 1 is 1.06 bits per heavy atom. The van der Waals surface area contributed by atoms with E-state index in [1.807, 2.05) is 25.1 Å². The van der Waals surface area contributed by atoms with Crippen molar-refractivity contribution in [2.24, 2.45) is 0 Å². The maximum atomic E-state index is 13.7. The minimum Gasteiger partial charge on any atom is -0.368 e. The molecular weight excluding hydrogens is 448 g/mol. The van der Waals surface area contributed by atoms with E-state index >= 15 is 0 Å². The van der Waals surface area contributed by atoms with Crippen LogP contribution >= 0.6 is 11.6 Å². The smallest absolute Gasteiger partial charge is 0.246 e. The van der Waals surface area contributed by atoms with E-state index in [0.29, 0.717) is 31.2 Å². The van der Waals surface area contributed by atoms with Crippen LogP contribution in [0.4, 0.5) is 20.2 Å². The zero-order chi connectivity index (χ0) is 22.9. The van der Waals surface area contributed by atoms with Gasteiger partial charge in [0.05, 0.1) is 11.9 Å². The average Bonchev–Trinajstić information content (AvgIpc) is 2.71. The Labute approximate surface area is 186 Å². The molecule has 0 aliphatic carbocycles. The first-order chi connectivity index (χ1) is 14.5. The molecule has 2 aromatic rings. The number of sulfonamides is 1. The van der Waals surface area contributed by atoms with E-state index in [1.165, 1.54) is 6.92 Å². The second kappa shape index (κ2) is 9.00. The van der Waals surface area contributed by atoms with E-state index in [-0.39, 0.29) is 5.69 Å². The van der Waals surface area contributed by atoms with Gasteiger partial charge in [-0.25, -0.2) is 17.2 Å². The molecule has 0 saturated carbocycles. The van der Waals surface area contributed by atoms with E-state index in [4.69, 9.17) is 11.6 Å². The van der Waals surface area contributed by atoms with Gasteiger partial charge in [0.1, 0.15) is 6.04 Å². The van der Waals surface area contributed by atoms with Gasteiger partial charge in [0, 0.05) is 43.0 Å². The highest BCUT2D eigenvalue weighted by Gasteiger charge is 2.34. The van der Waals surface area contributed by atoms with E-state index in [2.05, 4.69) is 4.90 Å². The van der Waals surface area contributed by atoms with Crippen molar-refractivity contribution < 1.29 is 22.0 Å². The van der Waals surface area contributed by atoms with Crippen LogP contribution in [0.2, 0.25) is 5.02 Å². The first-order valence-corrected chi connectivity index (χ1v) is 12.0. The van der Waals surface area contributed by atoms with Gasteiger partial charge in [-0.15, -0.1) is 0 Å². The van der Waals surface area contributed by atoms with Gasteiger partial charge in [-0.2, -0.15) is 0 Å². The summed E-state index contributed by atoms with van der Waals surface area (Å²) < 4.78 is 52.6. The topological polar surface area (TPSA) is 60.9 Å². The third-order valence-electron chi connectivity index (χ3n) is 5.33. The summed E-state index contributed by atoms with van der Waals surface area (Å²) in [6.07, 6.45) is 0.928. The molecule has 168 valence electrons. The highest BCUT2D eigenvalue weighted by atomic mass is 35.5. The third-order valence-corrected chi connectivity index (χ3v) is 6.80. The van der Waals surface area contributed by atoms with Crippen LogP contribution in [0.25, 0.3) is 0 Å². The van der Waals surface area contributed by atoms with Gasteiger partial charge in [0.2, 0.25) is 15.9 Å². The van der Waals surface area contributed by atoms with Gasteiger partial charge in [-0.1, -0.05) is 17.7 Å². The summed E-state index contributed by atoms with van der Waals surface area (Å²) in [4.78, 5) is 16.8. The van der Waals surface area contributed by atoms with Gasteiger partial charge in [-0.3, -0.25) is 9.10 Å². The number of carbonyl (C=O) groups excluding carboxylic acids is 1. The number of anilines is 2. The van der Waals surface area contributed by atoms with Crippen LogP contribution in [-0.2, 0) is 14.8 Å². The van der Waals surface area contributed by atoms with E-state index in [0.717, 1.165) is 40.0 Å². The Balaban J connectivity index is 1.77. The fourth-order valence-corrected chi connectivity index (χ4v) is 5.11. The molecule has 1 saturated heterocycles. The number of aryl methyl sites for hydroxylation is 1. The number of rotatable bonds is 5. The molecule has 1 fully saturated rings. The fraction of sp³-hybridized carbons (Fsp3) is 0.381. The Hall–Kier alpha value is -2.39. The first kappa shape index (κ1) is 23.3. The molecule has 0 spiro atoms. The molecule has 0 aromatic heterocycles. The Kier molecular flexibility index (Phi) is 6.76. The van der Waals surface area contributed by atoms with Crippen molar-refractivity contribution in [3.8, 4) is 0 Å². The molecule has 0 radical (unpaired) electrons. The normalized spacial score (nSPS) is 15.7. The summed E-state index contributed by atoms with van der Waals surface area (Å²) in [6, 6.07) is 7.28. The number of amides is 1. The van der Waals surface area contributed by atoms with Gasteiger partial charge in [0.25, 0.3) is 0 Å². The second-order valence-corrected chi connectivity index (χ2v) is 9.87. The maximum Gasteiger partial charge on any atom is 0.246 e. The van der Waals surface area contributed by atoms with Gasteiger partial charge in [-0.05, 0) is 43.7 Å². The largest absolute Gasteiger partial charge is 0.368 e. The number of hydrogen-bond acceptors (Lipinski definition) is 4. The van der Waals surface area contributed by atoms with E-state index in [9.17, 15) is 22.0 Å². The summed E-state index contributed by atoms with van der Waals surface area (Å²) in [5.41, 5.74) is 1.96. The molecule has 31 heavy (non-hydrogen) atoms. The second-order valence-electron chi connectivity index (χ2n) is 7.58. The van der Waals surface area contributed by atoms with E-state index in [1.54, 1.807) is 4.90 Å². The average molecular weight is 472 g/mol. The van der Waals surface area contributed by atoms with Crippen molar-refractivity contribution in [2.45, 2.75) is 19.9 Å². The highest BCUT2D eigenvalue weighted by Crippen LogP contribution is 2.27. The molecule has 0 bridgehead atoms. The molecule has 1 unspecified atom stereocenters. The SMILES string of the molecule is Cc1ccc(Cl)cc1N1CCN(C(=O)C(C)N(c2ccc(F)c(F)c2)S(C)(=O)=O)CC1. The summed E-state index contributed by atoms with van der Waals surface area (Å²) in [5.74, 6) is -2.68. The van der Waals surface area contributed by atoms with Crippen LogP contribution in [0.5, 0.6) is 0 Å². The molecule has 1 aliphatic rings. The molecule has 1 aliphatic heterocycles. The molecule has 0 N–H and O–H groups in total. The minimum atomic E-state index is -3.92. The zero-order valence-electron chi connectivity index (χ0n) is 17.5. The molecule has 1 atom stereocenters. The Bertz CT molecular complexity index is 1090. The molecule has 6 nitrogen and oxygen atoms in total. The van der Waals surface area contributed by atoms with Crippen LogP contribution in [0, 0.1) is 18.6 Å². The minimum absolute atomic E-state index is 0.101. The van der Waals surface area contributed by atoms with Crippen molar-refractivity contribution >= 4 is 38.9 Å². The summed E-state index contributed by atoms with van der Waals surface area (Å²) in [5, 5.41) is 0.628. The quantitative estimate of drug-likeness (QED) is 0.670. The molecule has 10 heteroatoms. The highest BCUT2D eigenvalue weighted by molar-refractivity contribution is 7.92. The number of hydrogen-bond donors (Lipinski definition) is 0. The lowest BCUT2D eigenvalue weighted by Gasteiger charge is -2.39. The van der Waals surface area contributed by atoms with Crippen LogP contribution in [-0.4, -0.2) is 57.7 Å². The molecule has 1 amide bonds. The molecule has 3 rings (SSSR count). The van der Waals surface area contributed by atoms with Gasteiger partial charge >= 0.3 is 0 Å². The predicted molar refractivity (Wildman–Crippen MR) is 118 cm³/mol. The number of carbonyl (C=O) groups is 1. The molecular formula is C21H24ClF2N3O3S. The Morgan fingerprint density at radius 2 is 1.71 bits per heavy atom. The monoisotopic (exact) mass is 471 g/mol.